The second kappa shape index (κ2) is 9.73. The van der Waals surface area contributed by atoms with Gasteiger partial charge in [-0.15, -0.1) is 0 Å². The summed E-state index contributed by atoms with van der Waals surface area (Å²) in [6, 6.07) is 14.6. The van der Waals surface area contributed by atoms with Gasteiger partial charge in [0.05, 0.1) is 6.10 Å². The highest BCUT2D eigenvalue weighted by Gasteiger charge is 2.20. The van der Waals surface area contributed by atoms with Gasteiger partial charge in [-0.2, -0.15) is 0 Å². The molecule has 2 aliphatic heterocycles. The Balaban J connectivity index is 1.28. The summed E-state index contributed by atoms with van der Waals surface area (Å²) in [5, 5.41) is 13.4. The number of aliphatic hydroxyl groups excluding tert-OH is 1. The van der Waals surface area contributed by atoms with Crippen molar-refractivity contribution in [3.63, 3.8) is 0 Å². The number of hydrogen-bond donors (Lipinski definition) is 2. The van der Waals surface area contributed by atoms with Crippen LogP contribution in [0.4, 0.5) is 0 Å². The van der Waals surface area contributed by atoms with Crippen LogP contribution in [0.2, 0.25) is 0 Å². The van der Waals surface area contributed by atoms with Gasteiger partial charge in [-0.3, -0.25) is 9.69 Å². The Bertz CT molecular complexity index is 876. The molecule has 2 atom stereocenters. The zero-order valence-electron chi connectivity index (χ0n) is 17.8. The number of rotatable bonds is 7. The average Bonchev–Trinajstić information content (AvgIpc) is 3.26. The fourth-order valence-corrected chi connectivity index (χ4v) is 4.50. The van der Waals surface area contributed by atoms with Gasteiger partial charge in [-0.05, 0) is 60.4 Å². The van der Waals surface area contributed by atoms with Crippen LogP contribution in [0.15, 0.2) is 42.5 Å². The first kappa shape index (κ1) is 21.0. The Morgan fingerprint density at radius 2 is 2.10 bits per heavy atom. The molecule has 160 valence electrons. The number of carbonyl (C=O) groups is 1. The molecule has 0 spiro atoms. The van der Waals surface area contributed by atoms with Gasteiger partial charge in [-0.25, -0.2) is 0 Å². The van der Waals surface area contributed by atoms with Crippen molar-refractivity contribution in [2.24, 2.45) is 5.92 Å². The van der Waals surface area contributed by atoms with Gasteiger partial charge in [0, 0.05) is 45.0 Å². The van der Waals surface area contributed by atoms with Crippen molar-refractivity contribution >= 4 is 5.91 Å². The summed E-state index contributed by atoms with van der Waals surface area (Å²) in [5.74, 6) is 0.431. The van der Waals surface area contributed by atoms with Crippen molar-refractivity contribution in [3.05, 3.63) is 70.3 Å². The molecule has 1 saturated heterocycles. The summed E-state index contributed by atoms with van der Waals surface area (Å²) in [5.41, 5.74) is 5.57. The highest BCUT2D eigenvalue weighted by molar-refractivity contribution is 5.95. The van der Waals surface area contributed by atoms with E-state index in [1.165, 1.54) is 16.7 Å². The molecule has 2 aromatic carbocycles. The molecule has 0 saturated carbocycles. The lowest BCUT2D eigenvalue weighted by Gasteiger charge is -2.30. The molecule has 5 nitrogen and oxygen atoms in total. The van der Waals surface area contributed by atoms with Crippen LogP contribution in [0, 0.1) is 12.8 Å². The predicted molar refractivity (Wildman–Crippen MR) is 118 cm³/mol. The number of ether oxygens (including phenoxy) is 1. The third kappa shape index (κ3) is 5.28. The molecule has 0 bridgehead atoms. The largest absolute Gasteiger partial charge is 0.390 e. The Morgan fingerprint density at radius 3 is 2.90 bits per heavy atom. The molecular formula is C25H32N2O3. The highest BCUT2D eigenvalue weighted by Crippen LogP contribution is 2.21. The number of nitrogens with one attached hydrogen (secondary N) is 1. The van der Waals surface area contributed by atoms with Crippen LogP contribution in [-0.4, -0.2) is 54.9 Å². The van der Waals surface area contributed by atoms with Crippen molar-refractivity contribution in [2.75, 3.05) is 32.8 Å². The molecular weight excluding hydrogens is 376 g/mol. The van der Waals surface area contributed by atoms with Crippen LogP contribution >= 0.6 is 0 Å². The third-order valence-electron chi connectivity index (χ3n) is 6.27. The number of hydrogen-bond acceptors (Lipinski definition) is 4. The summed E-state index contributed by atoms with van der Waals surface area (Å²) in [6.45, 7) is 6.22. The molecule has 0 aromatic heterocycles. The maximum atomic E-state index is 12.8. The van der Waals surface area contributed by atoms with Gasteiger partial charge in [0.15, 0.2) is 0 Å². The van der Waals surface area contributed by atoms with Gasteiger partial charge < -0.3 is 15.2 Å². The molecule has 0 radical (unpaired) electrons. The van der Waals surface area contributed by atoms with E-state index in [0.717, 1.165) is 51.1 Å². The molecule has 5 heteroatoms. The van der Waals surface area contributed by atoms with Crippen molar-refractivity contribution in [3.8, 4) is 0 Å². The topological polar surface area (TPSA) is 61.8 Å². The molecule has 2 unspecified atom stereocenters. The maximum absolute atomic E-state index is 12.8. The van der Waals surface area contributed by atoms with Crippen molar-refractivity contribution in [1.29, 1.82) is 0 Å². The van der Waals surface area contributed by atoms with Gasteiger partial charge in [0.1, 0.15) is 0 Å². The molecule has 0 aliphatic carbocycles. The quantitative estimate of drug-likeness (QED) is 0.740. The number of nitrogens with zero attached hydrogens (tertiary/aromatic N) is 1. The molecule has 1 fully saturated rings. The van der Waals surface area contributed by atoms with E-state index in [1.54, 1.807) is 0 Å². The number of carbonyl (C=O) groups excluding carboxylic acids is 1. The van der Waals surface area contributed by atoms with E-state index < -0.39 is 6.10 Å². The fourth-order valence-electron chi connectivity index (χ4n) is 4.50. The van der Waals surface area contributed by atoms with Crippen LogP contribution in [0.5, 0.6) is 0 Å². The Labute approximate surface area is 179 Å². The Morgan fingerprint density at radius 1 is 1.27 bits per heavy atom. The highest BCUT2D eigenvalue weighted by atomic mass is 16.5. The minimum Gasteiger partial charge on any atom is -0.390 e. The zero-order valence-corrected chi connectivity index (χ0v) is 17.8. The van der Waals surface area contributed by atoms with E-state index in [2.05, 4.69) is 40.5 Å². The van der Waals surface area contributed by atoms with Crippen molar-refractivity contribution < 1.29 is 14.6 Å². The van der Waals surface area contributed by atoms with Gasteiger partial charge >= 0.3 is 0 Å². The van der Waals surface area contributed by atoms with E-state index in [0.29, 0.717) is 18.0 Å². The first-order valence-electron chi connectivity index (χ1n) is 11.0. The molecule has 2 aromatic rings. The molecule has 2 aliphatic rings. The van der Waals surface area contributed by atoms with Gasteiger partial charge in [-0.1, -0.05) is 36.4 Å². The Hall–Kier alpha value is -2.21. The summed E-state index contributed by atoms with van der Waals surface area (Å²) in [6.07, 6.45) is 2.45. The Kier molecular flexibility index (Phi) is 6.82. The van der Waals surface area contributed by atoms with Crippen LogP contribution in [0.1, 0.15) is 39.0 Å². The molecule has 2 heterocycles. The molecule has 1 amide bonds. The van der Waals surface area contributed by atoms with Crippen LogP contribution in [0.25, 0.3) is 0 Å². The van der Waals surface area contributed by atoms with E-state index >= 15 is 0 Å². The van der Waals surface area contributed by atoms with Crippen LogP contribution in [-0.2, 0) is 24.1 Å². The average molecular weight is 409 g/mol. The SMILES string of the molecule is Cc1ccc(CC2CCOC2)cc1C(=O)NCC(O)CN1CCc2ccccc2C1. The zero-order chi connectivity index (χ0) is 20.9. The lowest BCUT2D eigenvalue weighted by atomic mass is 9.95. The van der Waals surface area contributed by atoms with Crippen molar-refractivity contribution in [1.82, 2.24) is 10.2 Å². The van der Waals surface area contributed by atoms with Crippen LogP contribution < -0.4 is 5.32 Å². The van der Waals surface area contributed by atoms with Crippen molar-refractivity contribution in [2.45, 2.75) is 38.8 Å². The minimum absolute atomic E-state index is 0.111. The van der Waals surface area contributed by atoms with E-state index in [4.69, 9.17) is 4.74 Å². The van der Waals surface area contributed by atoms with E-state index in [9.17, 15) is 9.90 Å². The second-order valence-corrected chi connectivity index (χ2v) is 8.70. The summed E-state index contributed by atoms with van der Waals surface area (Å²) in [4.78, 5) is 15.0. The maximum Gasteiger partial charge on any atom is 0.251 e. The van der Waals surface area contributed by atoms with E-state index in [-0.39, 0.29) is 12.5 Å². The van der Waals surface area contributed by atoms with Gasteiger partial charge in [0.25, 0.3) is 5.91 Å². The minimum atomic E-state index is -0.585. The lowest BCUT2D eigenvalue weighted by Crippen LogP contribution is -2.42. The lowest BCUT2D eigenvalue weighted by molar-refractivity contribution is 0.0841. The normalized spacial score (nSPS) is 20.0. The van der Waals surface area contributed by atoms with E-state index in [1.807, 2.05) is 19.1 Å². The number of benzene rings is 2. The predicted octanol–water partition coefficient (Wildman–Crippen LogP) is 2.72. The third-order valence-corrected chi connectivity index (χ3v) is 6.27. The fraction of sp³-hybridized carbons (Fsp3) is 0.480. The molecule has 4 rings (SSSR count). The number of aryl methyl sites for hydroxylation is 1. The number of fused-ring (bicyclic) bond motifs is 1. The monoisotopic (exact) mass is 408 g/mol. The first-order valence-corrected chi connectivity index (χ1v) is 11.0. The van der Waals surface area contributed by atoms with Crippen LogP contribution in [0.3, 0.4) is 0 Å². The number of amides is 1. The second-order valence-electron chi connectivity index (χ2n) is 8.70. The summed E-state index contributed by atoms with van der Waals surface area (Å²) < 4.78 is 5.47. The smallest absolute Gasteiger partial charge is 0.251 e. The standard InChI is InChI=1S/C25H32N2O3/c1-18-6-7-19(12-20-9-11-30-17-20)13-24(18)25(29)26-14-23(28)16-27-10-8-21-4-2-3-5-22(21)15-27/h2-7,13,20,23,28H,8-12,14-17H2,1H3,(H,26,29). The summed E-state index contributed by atoms with van der Waals surface area (Å²) >= 11 is 0. The number of β-amino-alcohol motifs (C(OH)–C–C–N with tert-alkyl or cyclic N) is 1. The molecule has 2 N–H and O–H groups in total. The number of aliphatic hydroxyl groups is 1. The molecule has 30 heavy (non-hydrogen) atoms. The van der Waals surface area contributed by atoms with Gasteiger partial charge in [0.2, 0.25) is 0 Å². The first-order chi connectivity index (χ1) is 14.6. The summed E-state index contributed by atoms with van der Waals surface area (Å²) in [7, 11) is 0.